The molecule has 0 heterocycles. The van der Waals surface area contributed by atoms with E-state index in [1.165, 1.54) is 0 Å². The van der Waals surface area contributed by atoms with Crippen LogP contribution < -0.4 is 14.8 Å². The first-order valence-corrected chi connectivity index (χ1v) is 7.27. The molecule has 116 valence electrons. The van der Waals surface area contributed by atoms with Crippen molar-refractivity contribution in [3.63, 3.8) is 0 Å². The molecule has 1 unspecified atom stereocenters. The van der Waals surface area contributed by atoms with E-state index in [1.54, 1.807) is 32.4 Å². The smallest absolute Gasteiger partial charge is 0.232 e. The topological polar surface area (TPSA) is 47.6 Å². The largest absolute Gasteiger partial charge is 0.497 e. The number of nitrogens with one attached hydrogen (secondary N) is 1. The fourth-order valence-corrected chi connectivity index (χ4v) is 2.38. The van der Waals surface area contributed by atoms with E-state index < -0.39 is 0 Å². The lowest BCUT2D eigenvalue weighted by Gasteiger charge is -2.17. The van der Waals surface area contributed by atoms with Crippen molar-refractivity contribution in [3.05, 3.63) is 54.1 Å². The summed E-state index contributed by atoms with van der Waals surface area (Å²) in [6.07, 6.45) is 0.730. The van der Waals surface area contributed by atoms with Crippen LogP contribution in [-0.2, 0) is 4.79 Å². The summed E-state index contributed by atoms with van der Waals surface area (Å²) in [5.74, 6) is 1.03. The second kappa shape index (κ2) is 7.50. The second-order valence-electron chi connectivity index (χ2n) is 4.93. The third kappa shape index (κ3) is 3.58. The predicted molar refractivity (Wildman–Crippen MR) is 87.6 cm³/mol. The second-order valence-corrected chi connectivity index (χ2v) is 4.93. The highest BCUT2D eigenvalue weighted by Gasteiger charge is 2.19. The number of carbonyl (C=O) groups excluding carboxylic acids is 1. The van der Waals surface area contributed by atoms with E-state index in [2.05, 4.69) is 5.32 Å². The Morgan fingerprint density at radius 2 is 1.82 bits per heavy atom. The Morgan fingerprint density at radius 3 is 2.41 bits per heavy atom. The zero-order valence-electron chi connectivity index (χ0n) is 13.1. The van der Waals surface area contributed by atoms with Gasteiger partial charge in [-0.05, 0) is 24.1 Å². The first-order valence-electron chi connectivity index (χ1n) is 7.27. The molecule has 0 saturated carbocycles. The number of rotatable bonds is 6. The van der Waals surface area contributed by atoms with Gasteiger partial charge in [0.1, 0.15) is 11.5 Å². The van der Waals surface area contributed by atoms with Crippen LogP contribution in [0.2, 0.25) is 0 Å². The van der Waals surface area contributed by atoms with Gasteiger partial charge < -0.3 is 14.8 Å². The highest BCUT2D eigenvalue weighted by atomic mass is 16.5. The zero-order valence-corrected chi connectivity index (χ0v) is 13.1. The molecule has 4 heteroatoms. The molecule has 0 aliphatic heterocycles. The van der Waals surface area contributed by atoms with E-state index in [0.717, 1.165) is 12.0 Å². The molecule has 4 nitrogen and oxygen atoms in total. The molecule has 0 aromatic heterocycles. The first-order chi connectivity index (χ1) is 10.7. The third-order valence-electron chi connectivity index (χ3n) is 3.59. The van der Waals surface area contributed by atoms with Crippen LogP contribution in [0.4, 0.5) is 5.69 Å². The minimum Gasteiger partial charge on any atom is -0.497 e. The van der Waals surface area contributed by atoms with E-state index in [1.807, 2.05) is 37.3 Å². The normalized spacial score (nSPS) is 11.6. The molecule has 0 aliphatic carbocycles. The molecule has 0 radical (unpaired) electrons. The average molecular weight is 299 g/mol. The summed E-state index contributed by atoms with van der Waals surface area (Å²) in [6.45, 7) is 2.00. The molecule has 2 rings (SSSR count). The number of carbonyl (C=O) groups is 1. The Hall–Kier alpha value is -2.49. The summed E-state index contributed by atoms with van der Waals surface area (Å²) in [5, 5.41) is 2.94. The summed E-state index contributed by atoms with van der Waals surface area (Å²) >= 11 is 0. The van der Waals surface area contributed by atoms with Gasteiger partial charge >= 0.3 is 0 Å². The summed E-state index contributed by atoms with van der Waals surface area (Å²) in [6, 6.07) is 15.1. The van der Waals surface area contributed by atoms with Gasteiger partial charge in [-0.25, -0.2) is 0 Å². The zero-order chi connectivity index (χ0) is 15.9. The molecule has 0 fully saturated rings. The molecule has 0 saturated heterocycles. The summed E-state index contributed by atoms with van der Waals surface area (Å²) in [4.78, 5) is 12.6. The van der Waals surface area contributed by atoms with Crippen molar-refractivity contribution in [1.82, 2.24) is 0 Å². The molecule has 2 aromatic carbocycles. The SMILES string of the molecule is CCC(C(=O)Nc1ccc(OC)cc1OC)c1ccccc1. The Bertz CT molecular complexity index is 625. The lowest BCUT2D eigenvalue weighted by atomic mass is 9.95. The number of anilines is 1. The van der Waals surface area contributed by atoms with Gasteiger partial charge in [0, 0.05) is 6.07 Å². The monoisotopic (exact) mass is 299 g/mol. The van der Waals surface area contributed by atoms with Gasteiger partial charge in [0.25, 0.3) is 0 Å². The number of hydrogen-bond donors (Lipinski definition) is 1. The van der Waals surface area contributed by atoms with Crippen molar-refractivity contribution in [2.75, 3.05) is 19.5 Å². The van der Waals surface area contributed by atoms with Crippen molar-refractivity contribution in [2.24, 2.45) is 0 Å². The highest BCUT2D eigenvalue weighted by molar-refractivity contribution is 5.97. The van der Waals surface area contributed by atoms with Crippen LogP contribution >= 0.6 is 0 Å². The third-order valence-corrected chi connectivity index (χ3v) is 3.59. The Balaban J connectivity index is 2.20. The van der Waals surface area contributed by atoms with Crippen LogP contribution in [0.3, 0.4) is 0 Å². The van der Waals surface area contributed by atoms with Crippen LogP contribution in [-0.4, -0.2) is 20.1 Å². The fourth-order valence-electron chi connectivity index (χ4n) is 2.38. The molecule has 1 N–H and O–H groups in total. The minimum atomic E-state index is -0.187. The molecule has 2 aromatic rings. The number of ether oxygens (including phenoxy) is 2. The van der Waals surface area contributed by atoms with Gasteiger partial charge in [-0.3, -0.25) is 4.79 Å². The van der Waals surface area contributed by atoms with E-state index in [4.69, 9.17) is 9.47 Å². The number of methoxy groups -OCH3 is 2. The van der Waals surface area contributed by atoms with Crippen molar-refractivity contribution < 1.29 is 14.3 Å². The minimum absolute atomic E-state index is 0.0443. The van der Waals surface area contributed by atoms with Crippen molar-refractivity contribution in [1.29, 1.82) is 0 Å². The molecule has 22 heavy (non-hydrogen) atoms. The number of amides is 1. The standard InChI is InChI=1S/C18H21NO3/c1-4-15(13-8-6-5-7-9-13)18(20)19-16-11-10-14(21-2)12-17(16)22-3/h5-12,15H,4H2,1-3H3,(H,19,20). The highest BCUT2D eigenvalue weighted by Crippen LogP contribution is 2.30. The molecule has 0 aliphatic rings. The van der Waals surface area contributed by atoms with Gasteiger partial charge in [0.2, 0.25) is 5.91 Å². The molecular formula is C18H21NO3. The molecular weight excluding hydrogens is 278 g/mol. The maximum Gasteiger partial charge on any atom is 0.232 e. The van der Waals surface area contributed by atoms with Crippen LogP contribution in [0, 0.1) is 0 Å². The fraction of sp³-hybridized carbons (Fsp3) is 0.278. The van der Waals surface area contributed by atoms with Gasteiger partial charge in [-0.1, -0.05) is 37.3 Å². The lowest BCUT2D eigenvalue weighted by Crippen LogP contribution is -2.21. The maximum atomic E-state index is 12.6. The molecule has 0 bridgehead atoms. The summed E-state index contributed by atoms with van der Waals surface area (Å²) < 4.78 is 10.5. The van der Waals surface area contributed by atoms with E-state index in [9.17, 15) is 4.79 Å². The first kappa shape index (κ1) is 15.9. The van der Waals surface area contributed by atoms with Crippen LogP contribution in [0.5, 0.6) is 11.5 Å². The van der Waals surface area contributed by atoms with Crippen molar-refractivity contribution in [2.45, 2.75) is 19.3 Å². The molecule has 1 atom stereocenters. The summed E-state index contributed by atoms with van der Waals surface area (Å²) in [7, 11) is 3.16. The Morgan fingerprint density at radius 1 is 1.09 bits per heavy atom. The van der Waals surface area contributed by atoms with E-state index >= 15 is 0 Å². The van der Waals surface area contributed by atoms with Crippen LogP contribution in [0.15, 0.2) is 48.5 Å². The molecule has 1 amide bonds. The van der Waals surface area contributed by atoms with Crippen LogP contribution in [0.1, 0.15) is 24.8 Å². The van der Waals surface area contributed by atoms with Crippen molar-refractivity contribution in [3.8, 4) is 11.5 Å². The van der Waals surface area contributed by atoms with E-state index in [0.29, 0.717) is 17.2 Å². The number of hydrogen-bond acceptors (Lipinski definition) is 3. The lowest BCUT2D eigenvalue weighted by molar-refractivity contribution is -0.117. The van der Waals surface area contributed by atoms with Crippen LogP contribution in [0.25, 0.3) is 0 Å². The van der Waals surface area contributed by atoms with Gasteiger partial charge in [0.05, 0.1) is 25.8 Å². The average Bonchev–Trinajstić information content (AvgIpc) is 2.57. The van der Waals surface area contributed by atoms with Gasteiger partial charge in [0.15, 0.2) is 0 Å². The predicted octanol–water partition coefficient (Wildman–Crippen LogP) is 3.84. The Kier molecular flexibility index (Phi) is 5.42. The van der Waals surface area contributed by atoms with Gasteiger partial charge in [-0.15, -0.1) is 0 Å². The van der Waals surface area contributed by atoms with E-state index in [-0.39, 0.29) is 11.8 Å². The van der Waals surface area contributed by atoms with Gasteiger partial charge in [-0.2, -0.15) is 0 Å². The quantitative estimate of drug-likeness (QED) is 0.881. The van der Waals surface area contributed by atoms with Crippen molar-refractivity contribution >= 4 is 11.6 Å². The summed E-state index contributed by atoms with van der Waals surface area (Å²) in [5.41, 5.74) is 1.65. The molecule has 0 spiro atoms. The number of benzene rings is 2. The Labute approximate surface area is 131 Å². The maximum absolute atomic E-state index is 12.6.